The van der Waals surface area contributed by atoms with Gasteiger partial charge in [0.25, 0.3) is 0 Å². The van der Waals surface area contributed by atoms with E-state index in [1.54, 1.807) is 17.6 Å². The fraction of sp³-hybridized carbons (Fsp3) is 0.562. The molecule has 2 aliphatic rings. The molecule has 2 aliphatic heterocycles. The Morgan fingerprint density at radius 2 is 2.23 bits per heavy atom. The minimum Gasteiger partial charge on any atom is -0.462 e. The molecule has 118 valence electrons. The third-order valence-electron chi connectivity index (χ3n) is 4.58. The zero-order chi connectivity index (χ0) is 14.8. The predicted octanol–water partition coefficient (Wildman–Crippen LogP) is 1.88. The van der Waals surface area contributed by atoms with Crippen molar-refractivity contribution in [2.75, 3.05) is 39.3 Å². The second-order valence-electron chi connectivity index (χ2n) is 6.08. The van der Waals surface area contributed by atoms with Gasteiger partial charge in [-0.2, -0.15) is 0 Å². The van der Waals surface area contributed by atoms with Crippen LogP contribution in [0.25, 0.3) is 10.8 Å². The van der Waals surface area contributed by atoms with E-state index in [0.717, 1.165) is 42.1 Å². The van der Waals surface area contributed by atoms with Gasteiger partial charge in [-0.25, -0.2) is 4.98 Å². The largest absolute Gasteiger partial charge is 0.462 e. The van der Waals surface area contributed by atoms with Gasteiger partial charge in [0.15, 0.2) is 10.8 Å². The third-order valence-corrected chi connectivity index (χ3v) is 5.49. The SMILES string of the molecule is c1coc(-c2nc(CN3CCC(N4CCNCC4)C3)cs2)c1. The molecule has 4 rings (SSSR count). The molecule has 22 heavy (non-hydrogen) atoms. The van der Waals surface area contributed by atoms with Crippen LogP contribution in [-0.2, 0) is 6.54 Å². The van der Waals surface area contributed by atoms with Gasteiger partial charge >= 0.3 is 0 Å². The second kappa shape index (κ2) is 6.50. The number of hydrogen-bond donors (Lipinski definition) is 1. The van der Waals surface area contributed by atoms with Gasteiger partial charge in [-0.05, 0) is 18.6 Å². The number of piperazine rings is 1. The van der Waals surface area contributed by atoms with Crippen molar-refractivity contribution in [1.82, 2.24) is 20.1 Å². The molecular weight excluding hydrogens is 296 g/mol. The summed E-state index contributed by atoms with van der Waals surface area (Å²) in [5, 5.41) is 6.58. The summed E-state index contributed by atoms with van der Waals surface area (Å²) >= 11 is 1.67. The molecule has 2 saturated heterocycles. The number of hydrogen-bond acceptors (Lipinski definition) is 6. The van der Waals surface area contributed by atoms with Gasteiger partial charge in [-0.3, -0.25) is 9.80 Å². The van der Waals surface area contributed by atoms with Gasteiger partial charge in [-0.15, -0.1) is 11.3 Å². The first-order valence-corrected chi connectivity index (χ1v) is 8.92. The number of nitrogens with one attached hydrogen (secondary N) is 1. The summed E-state index contributed by atoms with van der Waals surface area (Å²) < 4.78 is 5.42. The highest BCUT2D eigenvalue weighted by molar-refractivity contribution is 7.13. The molecular formula is C16H22N4OS. The maximum Gasteiger partial charge on any atom is 0.162 e. The lowest BCUT2D eigenvalue weighted by Gasteiger charge is -2.32. The number of aromatic nitrogens is 1. The van der Waals surface area contributed by atoms with Crippen molar-refractivity contribution >= 4 is 11.3 Å². The quantitative estimate of drug-likeness (QED) is 0.932. The maximum atomic E-state index is 5.42. The minimum atomic E-state index is 0.727. The Labute approximate surface area is 134 Å². The van der Waals surface area contributed by atoms with Crippen LogP contribution in [0.15, 0.2) is 28.2 Å². The Kier molecular flexibility index (Phi) is 4.25. The van der Waals surface area contributed by atoms with Crippen LogP contribution in [0.3, 0.4) is 0 Å². The average molecular weight is 318 g/mol. The van der Waals surface area contributed by atoms with Gasteiger partial charge in [0.05, 0.1) is 12.0 Å². The average Bonchev–Trinajstić information content (AvgIpc) is 3.30. The molecule has 0 spiro atoms. The Balaban J connectivity index is 1.34. The van der Waals surface area contributed by atoms with Crippen molar-refractivity contribution in [3.05, 3.63) is 29.5 Å². The molecule has 0 radical (unpaired) electrons. The Morgan fingerprint density at radius 1 is 1.32 bits per heavy atom. The number of rotatable bonds is 4. The summed E-state index contributed by atoms with van der Waals surface area (Å²) in [6.07, 6.45) is 2.99. The predicted molar refractivity (Wildman–Crippen MR) is 87.9 cm³/mol. The van der Waals surface area contributed by atoms with Crippen LogP contribution in [0.5, 0.6) is 0 Å². The first-order chi connectivity index (χ1) is 10.9. The van der Waals surface area contributed by atoms with Crippen LogP contribution in [-0.4, -0.2) is 60.1 Å². The second-order valence-corrected chi connectivity index (χ2v) is 6.94. The Morgan fingerprint density at radius 3 is 3.05 bits per heavy atom. The van der Waals surface area contributed by atoms with Crippen molar-refractivity contribution in [3.8, 4) is 10.8 Å². The van der Waals surface area contributed by atoms with Crippen LogP contribution in [0.4, 0.5) is 0 Å². The third kappa shape index (κ3) is 3.10. The zero-order valence-corrected chi connectivity index (χ0v) is 13.5. The van der Waals surface area contributed by atoms with Crippen LogP contribution in [0.2, 0.25) is 0 Å². The molecule has 0 aromatic carbocycles. The Bertz CT molecular complexity index is 591. The fourth-order valence-corrected chi connectivity index (χ4v) is 4.20. The number of thiazole rings is 1. The molecule has 0 amide bonds. The van der Waals surface area contributed by atoms with E-state index in [1.165, 1.54) is 32.6 Å². The van der Waals surface area contributed by atoms with Crippen molar-refractivity contribution < 1.29 is 4.42 Å². The highest BCUT2D eigenvalue weighted by atomic mass is 32.1. The molecule has 2 aromatic heterocycles. The first kappa shape index (κ1) is 14.4. The Hall–Kier alpha value is -1.21. The monoisotopic (exact) mass is 318 g/mol. The molecule has 6 heteroatoms. The minimum absolute atomic E-state index is 0.727. The standard InChI is InChI=1S/C16H22N4OS/c1-2-15(21-9-1)16-18-13(12-22-16)10-19-6-3-14(11-19)20-7-4-17-5-8-20/h1-2,9,12,14,17H,3-8,10-11H2. The van der Waals surface area contributed by atoms with Gasteiger partial charge in [0.2, 0.25) is 0 Å². The summed E-state index contributed by atoms with van der Waals surface area (Å²) in [7, 11) is 0. The van der Waals surface area contributed by atoms with E-state index in [9.17, 15) is 0 Å². The molecule has 2 fully saturated rings. The van der Waals surface area contributed by atoms with Gasteiger partial charge in [0.1, 0.15) is 0 Å². The van der Waals surface area contributed by atoms with E-state index in [-0.39, 0.29) is 0 Å². The smallest absolute Gasteiger partial charge is 0.162 e. The maximum absolute atomic E-state index is 5.42. The van der Waals surface area contributed by atoms with Crippen molar-refractivity contribution in [2.45, 2.75) is 19.0 Å². The molecule has 2 aromatic rings. The summed E-state index contributed by atoms with van der Waals surface area (Å²) in [5.74, 6) is 0.872. The highest BCUT2D eigenvalue weighted by Gasteiger charge is 2.28. The van der Waals surface area contributed by atoms with E-state index in [2.05, 4.69) is 20.5 Å². The zero-order valence-electron chi connectivity index (χ0n) is 12.7. The number of furan rings is 1. The lowest BCUT2D eigenvalue weighted by molar-refractivity contribution is 0.170. The van der Waals surface area contributed by atoms with Crippen LogP contribution >= 0.6 is 11.3 Å². The summed E-state index contributed by atoms with van der Waals surface area (Å²) in [4.78, 5) is 9.89. The number of nitrogens with zero attached hydrogens (tertiary/aromatic N) is 3. The lowest BCUT2D eigenvalue weighted by atomic mass is 10.2. The van der Waals surface area contributed by atoms with Crippen LogP contribution in [0.1, 0.15) is 12.1 Å². The van der Waals surface area contributed by atoms with Crippen molar-refractivity contribution in [1.29, 1.82) is 0 Å². The first-order valence-electron chi connectivity index (χ1n) is 8.04. The number of likely N-dealkylation sites (tertiary alicyclic amines) is 1. The molecule has 0 saturated carbocycles. The van der Waals surface area contributed by atoms with Crippen LogP contribution < -0.4 is 5.32 Å². The molecule has 0 aliphatic carbocycles. The van der Waals surface area contributed by atoms with E-state index < -0.39 is 0 Å². The summed E-state index contributed by atoms with van der Waals surface area (Å²) in [6, 6.07) is 4.61. The van der Waals surface area contributed by atoms with E-state index in [4.69, 9.17) is 9.40 Å². The molecule has 1 N–H and O–H groups in total. The molecule has 1 atom stereocenters. The van der Waals surface area contributed by atoms with Gasteiger partial charge in [0, 0.05) is 57.2 Å². The topological polar surface area (TPSA) is 44.5 Å². The van der Waals surface area contributed by atoms with Crippen LogP contribution in [0, 0.1) is 0 Å². The van der Waals surface area contributed by atoms with Gasteiger partial charge in [-0.1, -0.05) is 0 Å². The summed E-state index contributed by atoms with van der Waals surface area (Å²) in [6.45, 7) is 7.97. The lowest BCUT2D eigenvalue weighted by Crippen LogP contribution is -2.49. The molecule has 0 bridgehead atoms. The molecule has 4 heterocycles. The highest BCUT2D eigenvalue weighted by Crippen LogP contribution is 2.25. The van der Waals surface area contributed by atoms with E-state index in [1.807, 2.05) is 12.1 Å². The normalized spacial score (nSPS) is 24.1. The van der Waals surface area contributed by atoms with E-state index in [0.29, 0.717) is 0 Å². The van der Waals surface area contributed by atoms with Crippen molar-refractivity contribution in [2.24, 2.45) is 0 Å². The van der Waals surface area contributed by atoms with E-state index >= 15 is 0 Å². The molecule has 1 unspecified atom stereocenters. The van der Waals surface area contributed by atoms with Crippen molar-refractivity contribution in [3.63, 3.8) is 0 Å². The fourth-order valence-electron chi connectivity index (χ4n) is 3.42. The summed E-state index contributed by atoms with van der Waals surface area (Å²) in [5.41, 5.74) is 1.16. The molecule has 5 nitrogen and oxygen atoms in total. The van der Waals surface area contributed by atoms with Gasteiger partial charge < -0.3 is 9.73 Å².